The average Bonchev–Trinajstić information content (AvgIpc) is 3.28. The molecule has 63 heavy (non-hydrogen) atoms. The SMILES string of the molecule is O=C(CC1COCCOCCOCCOCCO1)O[C@H]1C(O)[C@H](O[C@@H]2OC(CO)[C@@H](O)C(O)[C@@H]2O)C(CO)O[C@H]1O[C@@H]1C(CO)O[C@@H](O[C@@H]2C(CO)O[C@@H](O)[C@@H](O)C2O)[C@@H](O)C1O. The number of carbonyl (C=O) groups is 1. The molecular weight excluding hydrogens is 864 g/mol. The third kappa shape index (κ3) is 13.6. The van der Waals surface area contributed by atoms with Crippen LogP contribution >= 0.6 is 0 Å². The minimum Gasteiger partial charge on any atom is -0.454 e. The van der Waals surface area contributed by atoms with Gasteiger partial charge in [-0.1, -0.05) is 0 Å². The molecule has 9 unspecified atom stereocenters. The second kappa shape index (κ2) is 25.6. The summed E-state index contributed by atoms with van der Waals surface area (Å²) in [5.41, 5.74) is 0. The van der Waals surface area contributed by atoms with E-state index in [4.69, 9.17) is 61.6 Å². The highest BCUT2D eigenvalue weighted by molar-refractivity contribution is 5.70. The van der Waals surface area contributed by atoms with Crippen molar-refractivity contribution < 1.29 is 133 Å². The first-order valence-electron chi connectivity index (χ1n) is 20.5. The van der Waals surface area contributed by atoms with Crippen LogP contribution in [0.5, 0.6) is 0 Å². The fraction of sp³-hybridized carbons (Fsp3) is 0.972. The van der Waals surface area contributed by atoms with Crippen LogP contribution in [0.25, 0.3) is 0 Å². The predicted octanol–water partition coefficient (Wildman–Crippen LogP) is -9.34. The minimum absolute atomic E-state index is 0.0109. The zero-order valence-corrected chi connectivity index (χ0v) is 34.1. The van der Waals surface area contributed by atoms with Gasteiger partial charge in [0.25, 0.3) is 0 Å². The van der Waals surface area contributed by atoms with Crippen LogP contribution in [0.1, 0.15) is 6.42 Å². The first kappa shape index (κ1) is 52.4. The molecule has 5 aliphatic heterocycles. The van der Waals surface area contributed by atoms with E-state index in [1.54, 1.807) is 0 Å². The van der Waals surface area contributed by atoms with Gasteiger partial charge in [0.15, 0.2) is 31.3 Å². The number of rotatable bonds is 13. The van der Waals surface area contributed by atoms with Crippen LogP contribution in [0, 0.1) is 0 Å². The van der Waals surface area contributed by atoms with E-state index < -0.39 is 168 Å². The zero-order valence-electron chi connectivity index (χ0n) is 34.1. The Kier molecular flexibility index (Phi) is 21.3. The number of ether oxygens (including phenoxy) is 13. The lowest BCUT2D eigenvalue weighted by Gasteiger charge is -2.49. The van der Waals surface area contributed by atoms with E-state index in [1.165, 1.54) is 0 Å². The molecule has 0 aliphatic carbocycles. The minimum atomic E-state index is -2.10. The molecule has 5 heterocycles. The molecular formula is C36H62O27. The summed E-state index contributed by atoms with van der Waals surface area (Å²) >= 11 is 0. The highest BCUT2D eigenvalue weighted by atomic mass is 16.8. The third-order valence-corrected chi connectivity index (χ3v) is 10.8. The lowest BCUT2D eigenvalue weighted by molar-refractivity contribution is -0.387. The van der Waals surface area contributed by atoms with E-state index in [-0.39, 0.29) is 39.6 Å². The standard InChI is InChI=1S/C36H62O27/c37-10-16-21(42)22(43)26(47)34(57-16)62-31-19(13-40)59-36(32(28(31)49)60-20(41)9-15-14-54-6-5-52-2-1-51-3-4-53-7-8-55-15)63-30-18(12-39)58-35(27(48)24(30)45)61-29-17(11-38)56-33(50)25(46)23(29)44/h15-19,21-40,42-50H,1-14H2/t15?,16?,17?,18?,19?,21-,22?,23?,24?,25+,26+,27+,28?,29-,30-,31-,32+,33-,34+,35+,36+/m1/s1. The second-order valence-electron chi connectivity index (χ2n) is 15.2. The van der Waals surface area contributed by atoms with Gasteiger partial charge in [-0.3, -0.25) is 4.79 Å². The van der Waals surface area contributed by atoms with Crippen molar-refractivity contribution in [1.82, 2.24) is 0 Å². The molecule has 27 heteroatoms. The summed E-state index contributed by atoms with van der Waals surface area (Å²) in [5, 5.41) is 136. The number of hydrogen-bond donors (Lipinski definition) is 13. The van der Waals surface area contributed by atoms with E-state index >= 15 is 0 Å². The van der Waals surface area contributed by atoms with Gasteiger partial charge in [-0.2, -0.15) is 0 Å². The van der Waals surface area contributed by atoms with Gasteiger partial charge in [-0.25, -0.2) is 0 Å². The van der Waals surface area contributed by atoms with E-state index in [9.17, 15) is 71.2 Å². The van der Waals surface area contributed by atoms with Crippen molar-refractivity contribution in [1.29, 1.82) is 0 Å². The lowest BCUT2D eigenvalue weighted by Crippen LogP contribution is -2.68. The first-order valence-corrected chi connectivity index (χ1v) is 20.5. The van der Waals surface area contributed by atoms with E-state index in [0.29, 0.717) is 19.8 Å². The van der Waals surface area contributed by atoms with Gasteiger partial charge < -0.3 is 128 Å². The molecule has 0 amide bonds. The van der Waals surface area contributed by atoms with Crippen molar-refractivity contribution in [3.8, 4) is 0 Å². The summed E-state index contributed by atoms with van der Waals surface area (Å²) in [5.74, 6) is -1.06. The number of carbonyl (C=O) groups excluding carboxylic acids is 1. The van der Waals surface area contributed by atoms with Gasteiger partial charge in [0, 0.05) is 0 Å². The Hall–Kier alpha value is -1.53. The van der Waals surface area contributed by atoms with Gasteiger partial charge in [-0.05, 0) is 0 Å². The summed E-state index contributed by atoms with van der Waals surface area (Å²) in [4.78, 5) is 13.7. The van der Waals surface area contributed by atoms with Crippen molar-refractivity contribution in [2.45, 2.75) is 135 Å². The zero-order chi connectivity index (χ0) is 45.8. The van der Waals surface area contributed by atoms with Gasteiger partial charge in [0.05, 0.1) is 98.4 Å². The van der Waals surface area contributed by atoms with Gasteiger partial charge >= 0.3 is 5.97 Å². The Labute approximate surface area is 359 Å². The van der Waals surface area contributed by atoms with Crippen LogP contribution in [0.2, 0.25) is 0 Å². The Balaban J connectivity index is 1.36. The molecule has 0 bridgehead atoms. The molecule has 0 saturated carbocycles. The molecule has 5 saturated heterocycles. The topological polar surface area (TPSA) is 400 Å². The highest BCUT2D eigenvalue weighted by Crippen LogP contribution is 2.35. The number of hydrogen-bond acceptors (Lipinski definition) is 27. The maximum absolute atomic E-state index is 13.7. The Bertz CT molecular complexity index is 1300. The smallest absolute Gasteiger partial charge is 0.309 e. The molecule has 5 aliphatic rings. The van der Waals surface area contributed by atoms with Gasteiger partial charge in [-0.15, -0.1) is 0 Å². The maximum atomic E-state index is 13.7. The molecule has 5 fully saturated rings. The number of aliphatic hydroxyl groups is 13. The fourth-order valence-electron chi connectivity index (χ4n) is 7.36. The van der Waals surface area contributed by atoms with Crippen LogP contribution in [0.3, 0.4) is 0 Å². The normalized spacial score (nSPS) is 45.4. The third-order valence-electron chi connectivity index (χ3n) is 10.8. The van der Waals surface area contributed by atoms with Crippen LogP contribution in [0.15, 0.2) is 0 Å². The van der Waals surface area contributed by atoms with E-state index in [1.807, 2.05) is 0 Å². The summed E-state index contributed by atoms with van der Waals surface area (Å²) in [6, 6.07) is 0. The van der Waals surface area contributed by atoms with Crippen LogP contribution in [-0.4, -0.2) is 287 Å². The second-order valence-corrected chi connectivity index (χ2v) is 15.2. The van der Waals surface area contributed by atoms with Gasteiger partial charge in [0.2, 0.25) is 0 Å². The molecule has 21 atom stereocenters. The monoisotopic (exact) mass is 926 g/mol. The van der Waals surface area contributed by atoms with Crippen molar-refractivity contribution in [2.75, 3.05) is 85.9 Å². The molecule has 0 aromatic rings. The van der Waals surface area contributed by atoms with Crippen molar-refractivity contribution >= 4 is 5.97 Å². The molecule has 13 N–H and O–H groups in total. The summed E-state index contributed by atoms with van der Waals surface area (Å²) in [6.07, 6.45) is -38.5. The number of aliphatic hydroxyl groups excluding tert-OH is 13. The first-order chi connectivity index (χ1) is 30.2. The fourth-order valence-corrected chi connectivity index (χ4v) is 7.36. The van der Waals surface area contributed by atoms with Crippen LogP contribution in [-0.2, 0) is 66.4 Å². The Morgan fingerprint density at radius 1 is 0.429 bits per heavy atom. The lowest BCUT2D eigenvalue weighted by atomic mass is 9.95. The highest BCUT2D eigenvalue weighted by Gasteiger charge is 2.56. The molecule has 368 valence electrons. The summed E-state index contributed by atoms with van der Waals surface area (Å²) in [7, 11) is 0. The molecule has 5 rings (SSSR count). The molecule has 0 spiro atoms. The molecule has 0 aromatic carbocycles. The van der Waals surface area contributed by atoms with Crippen molar-refractivity contribution in [2.24, 2.45) is 0 Å². The number of esters is 1. The van der Waals surface area contributed by atoms with E-state index in [2.05, 4.69) is 0 Å². The van der Waals surface area contributed by atoms with E-state index in [0.717, 1.165) is 0 Å². The Morgan fingerprint density at radius 2 is 0.857 bits per heavy atom. The van der Waals surface area contributed by atoms with Crippen LogP contribution in [0.4, 0.5) is 0 Å². The maximum Gasteiger partial charge on any atom is 0.309 e. The summed E-state index contributed by atoms with van der Waals surface area (Å²) < 4.78 is 72.8. The predicted molar refractivity (Wildman–Crippen MR) is 195 cm³/mol. The van der Waals surface area contributed by atoms with Crippen LogP contribution < -0.4 is 0 Å². The molecule has 0 aromatic heterocycles. The Morgan fingerprint density at radius 3 is 1.41 bits per heavy atom. The average molecular weight is 927 g/mol. The van der Waals surface area contributed by atoms with Crippen molar-refractivity contribution in [3.63, 3.8) is 0 Å². The molecule has 0 radical (unpaired) electrons. The van der Waals surface area contributed by atoms with Gasteiger partial charge in [0.1, 0.15) is 91.6 Å². The quantitative estimate of drug-likeness (QED) is 0.0763. The van der Waals surface area contributed by atoms with Crippen molar-refractivity contribution in [3.05, 3.63) is 0 Å². The summed E-state index contributed by atoms with van der Waals surface area (Å²) in [6.45, 7) is -2.12. The molecule has 27 nitrogen and oxygen atoms in total. The largest absolute Gasteiger partial charge is 0.454 e.